The molecule has 0 unspecified atom stereocenters. The zero-order valence-electron chi connectivity index (χ0n) is 12.4. The Morgan fingerprint density at radius 3 is 2.22 bits per heavy atom. The van der Waals surface area contributed by atoms with Crippen molar-refractivity contribution in [2.75, 3.05) is 31.1 Å². The van der Waals surface area contributed by atoms with E-state index in [1.54, 1.807) is 0 Å². The minimum absolute atomic E-state index is 0.0255. The van der Waals surface area contributed by atoms with Gasteiger partial charge in [0, 0.05) is 31.7 Å². The van der Waals surface area contributed by atoms with Gasteiger partial charge in [0.2, 0.25) is 0 Å². The monoisotopic (exact) mass is 312 g/mol. The molecule has 23 heavy (non-hydrogen) atoms. The van der Waals surface area contributed by atoms with Gasteiger partial charge in [0.05, 0.1) is 12.4 Å². The summed E-state index contributed by atoms with van der Waals surface area (Å²) in [6.45, 7) is 2.46. The van der Waals surface area contributed by atoms with Crippen LogP contribution in [0, 0.1) is 0 Å². The average molecular weight is 312 g/mol. The Hall–Kier alpha value is -2.96. The molecule has 1 aromatic heterocycles. The molecule has 1 aromatic carbocycles. The highest BCUT2D eigenvalue weighted by Gasteiger charge is 2.23. The van der Waals surface area contributed by atoms with Crippen molar-refractivity contribution in [2.24, 2.45) is 0 Å². The van der Waals surface area contributed by atoms with Crippen molar-refractivity contribution in [3.8, 4) is 0 Å². The predicted molar refractivity (Wildman–Crippen MR) is 83.5 cm³/mol. The van der Waals surface area contributed by atoms with Crippen LogP contribution in [0.5, 0.6) is 0 Å². The van der Waals surface area contributed by atoms with Crippen molar-refractivity contribution in [1.29, 1.82) is 0 Å². The summed E-state index contributed by atoms with van der Waals surface area (Å²) in [5.41, 5.74) is 0.609. The van der Waals surface area contributed by atoms with E-state index in [2.05, 4.69) is 9.97 Å². The number of benzene rings is 1. The first-order chi connectivity index (χ1) is 11.1. The SMILES string of the molecule is O=C(O)c1cnc(N2CCN(C(=O)c3ccccc3)CC2)cn1. The largest absolute Gasteiger partial charge is 0.476 e. The third-order valence-corrected chi connectivity index (χ3v) is 3.77. The van der Waals surface area contributed by atoms with Gasteiger partial charge < -0.3 is 14.9 Å². The number of hydrogen-bond donors (Lipinski definition) is 1. The van der Waals surface area contributed by atoms with E-state index in [0.717, 1.165) is 0 Å². The number of piperazine rings is 1. The smallest absolute Gasteiger partial charge is 0.356 e. The van der Waals surface area contributed by atoms with Crippen LogP contribution < -0.4 is 4.90 Å². The Balaban J connectivity index is 1.62. The van der Waals surface area contributed by atoms with E-state index in [1.165, 1.54) is 12.4 Å². The predicted octanol–water partition coefficient (Wildman–Crippen LogP) is 1.14. The molecule has 1 aliphatic rings. The molecule has 0 saturated carbocycles. The van der Waals surface area contributed by atoms with Gasteiger partial charge in [-0.2, -0.15) is 0 Å². The Bertz CT molecular complexity index is 695. The van der Waals surface area contributed by atoms with Crippen molar-refractivity contribution in [1.82, 2.24) is 14.9 Å². The summed E-state index contributed by atoms with van der Waals surface area (Å²) in [5.74, 6) is -0.443. The van der Waals surface area contributed by atoms with Crippen LogP contribution in [0.3, 0.4) is 0 Å². The standard InChI is InChI=1S/C16H16N4O3/c21-15(12-4-2-1-3-5-12)20-8-6-19(7-9-20)14-11-17-13(10-18-14)16(22)23/h1-5,10-11H,6-9H2,(H,22,23). The number of carbonyl (C=O) groups excluding carboxylic acids is 1. The number of aromatic carboxylic acids is 1. The molecule has 1 N–H and O–H groups in total. The molecule has 2 aromatic rings. The maximum absolute atomic E-state index is 12.4. The van der Waals surface area contributed by atoms with E-state index in [4.69, 9.17) is 5.11 Å². The number of amides is 1. The molecule has 1 fully saturated rings. The van der Waals surface area contributed by atoms with Crippen molar-refractivity contribution in [3.05, 3.63) is 54.0 Å². The third-order valence-electron chi connectivity index (χ3n) is 3.77. The van der Waals surface area contributed by atoms with Gasteiger partial charge in [-0.05, 0) is 12.1 Å². The van der Waals surface area contributed by atoms with Gasteiger partial charge in [0.1, 0.15) is 5.82 Å². The first-order valence-electron chi connectivity index (χ1n) is 7.30. The fourth-order valence-electron chi connectivity index (χ4n) is 2.50. The summed E-state index contributed by atoms with van der Waals surface area (Å²) in [4.78, 5) is 35.0. The second kappa shape index (κ2) is 6.43. The summed E-state index contributed by atoms with van der Waals surface area (Å²) in [5, 5.41) is 8.83. The molecular formula is C16H16N4O3. The van der Waals surface area contributed by atoms with Crippen LogP contribution in [0.2, 0.25) is 0 Å². The Labute approximate surface area is 133 Å². The zero-order valence-corrected chi connectivity index (χ0v) is 12.4. The van der Waals surface area contributed by atoms with Gasteiger partial charge in [0.15, 0.2) is 5.69 Å². The Kier molecular flexibility index (Phi) is 4.18. The van der Waals surface area contributed by atoms with E-state index < -0.39 is 5.97 Å². The minimum Gasteiger partial charge on any atom is -0.476 e. The summed E-state index contributed by atoms with van der Waals surface area (Å²) in [6.07, 6.45) is 2.71. The molecule has 2 heterocycles. The van der Waals surface area contributed by atoms with Crippen molar-refractivity contribution in [3.63, 3.8) is 0 Å². The molecule has 0 atom stereocenters. The average Bonchev–Trinajstić information content (AvgIpc) is 2.62. The van der Waals surface area contributed by atoms with Crippen LogP contribution in [0.1, 0.15) is 20.8 Å². The molecule has 7 nitrogen and oxygen atoms in total. The van der Waals surface area contributed by atoms with E-state index >= 15 is 0 Å². The molecule has 1 saturated heterocycles. The van der Waals surface area contributed by atoms with Gasteiger partial charge in [-0.1, -0.05) is 18.2 Å². The Morgan fingerprint density at radius 1 is 0.957 bits per heavy atom. The maximum Gasteiger partial charge on any atom is 0.356 e. The lowest BCUT2D eigenvalue weighted by atomic mass is 10.2. The summed E-state index contributed by atoms with van der Waals surface area (Å²) in [6, 6.07) is 9.20. The highest BCUT2D eigenvalue weighted by molar-refractivity contribution is 5.94. The van der Waals surface area contributed by atoms with Crippen LogP contribution >= 0.6 is 0 Å². The minimum atomic E-state index is -1.10. The number of carbonyl (C=O) groups is 2. The molecule has 0 bridgehead atoms. The summed E-state index contributed by atoms with van der Waals surface area (Å²) < 4.78 is 0. The molecule has 118 valence electrons. The van der Waals surface area contributed by atoms with E-state index in [-0.39, 0.29) is 11.6 Å². The van der Waals surface area contributed by atoms with E-state index in [9.17, 15) is 9.59 Å². The van der Waals surface area contributed by atoms with Gasteiger partial charge in [0.25, 0.3) is 5.91 Å². The van der Waals surface area contributed by atoms with Gasteiger partial charge in [-0.15, -0.1) is 0 Å². The quantitative estimate of drug-likeness (QED) is 0.914. The number of nitrogens with zero attached hydrogens (tertiary/aromatic N) is 4. The fraction of sp³-hybridized carbons (Fsp3) is 0.250. The first-order valence-corrected chi connectivity index (χ1v) is 7.30. The van der Waals surface area contributed by atoms with Crippen LogP contribution in [0.25, 0.3) is 0 Å². The molecular weight excluding hydrogens is 296 g/mol. The molecule has 7 heteroatoms. The fourth-order valence-corrected chi connectivity index (χ4v) is 2.50. The molecule has 0 radical (unpaired) electrons. The number of anilines is 1. The van der Waals surface area contributed by atoms with Crippen molar-refractivity contribution in [2.45, 2.75) is 0 Å². The normalized spacial score (nSPS) is 14.6. The lowest BCUT2D eigenvalue weighted by Gasteiger charge is -2.35. The number of carboxylic acids is 1. The second-order valence-electron chi connectivity index (χ2n) is 5.21. The lowest BCUT2D eigenvalue weighted by Crippen LogP contribution is -2.49. The number of hydrogen-bond acceptors (Lipinski definition) is 5. The van der Waals surface area contributed by atoms with Crippen LogP contribution in [0.15, 0.2) is 42.7 Å². The lowest BCUT2D eigenvalue weighted by molar-refractivity contribution is 0.0688. The van der Waals surface area contributed by atoms with Crippen LogP contribution in [-0.2, 0) is 0 Å². The first kappa shape index (κ1) is 15.0. The second-order valence-corrected chi connectivity index (χ2v) is 5.21. The van der Waals surface area contributed by atoms with Gasteiger partial charge in [-0.25, -0.2) is 14.8 Å². The highest BCUT2D eigenvalue weighted by Crippen LogP contribution is 2.14. The third kappa shape index (κ3) is 3.28. The number of rotatable bonds is 3. The van der Waals surface area contributed by atoms with Crippen molar-refractivity contribution >= 4 is 17.7 Å². The summed E-state index contributed by atoms with van der Waals surface area (Å²) in [7, 11) is 0. The van der Waals surface area contributed by atoms with E-state index in [0.29, 0.717) is 37.6 Å². The molecule has 0 spiro atoms. The van der Waals surface area contributed by atoms with Crippen LogP contribution in [-0.4, -0.2) is 58.0 Å². The zero-order chi connectivity index (χ0) is 16.2. The molecule has 1 aliphatic heterocycles. The number of carboxylic acid groups (broad SMARTS) is 1. The highest BCUT2D eigenvalue weighted by atomic mass is 16.4. The van der Waals surface area contributed by atoms with E-state index in [1.807, 2.05) is 40.1 Å². The Morgan fingerprint density at radius 2 is 1.65 bits per heavy atom. The topological polar surface area (TPSA) is 86.6 Å². The molecule has 1 amide bonds. The van der Waals surface area contributed by atoms with Gasteiger partial charge >= 0.3 is 5.97 Å². The van der Waals surface area contributed by atoms with Crippen LogP contribution in [0.4, 0.5) is 5.82 Å². The number of aromatic nitrogens is 2. The van der Waals surface area contributed by atoms with Gasteiger partial charge in [-0.3, -0.25) is 4.79 Å². The summed E-state index contributed by atoms with van der Waals surface area (Å²) >= 11 is 0. The molecule has 3 rings (SSSR count). The maximum atomic E-state index is 12.4. The van der Waals surface area contributed by atoms with Crippen molar-refractivity contribution < 1.29 is 14.7 Å². The molecule has 0 aliphatic carbocycles.